The van der Waals surface area contributed by atoms with E-state index in [-0.39, 0.29) is 11.5 Å². The third kappa shape index (κ3) is 3.30. The second kappa shape index (κ2) is 7.47. The number of hydrogen-bond acceptors (Lipinski definition) is 3. The van der Waals surface area contributed by atoms with Gasteiger partial charge in [-0.1, -0.05) is 26.0 Å². The lowest BCUT2D eigenvalue weighted by atomic mass is 9.45. The summed E-state index contributed by atoms with van der Waals surface area (Å²) in [6.07, 6.45) is 10.9. The number of carbonyl (C=O) groups excluding carboxylic acids is 1. The molecule has 4 aliphatic carbocycles. The predicted molar refractivity (Wildman–Crippen MR) is 127 cm³/mol. The summed E-state index contributed by atoms with van der Waals surface area (Å²) in [5.74, 6) is 2.98. The Morgan fingerprint density at radius 1 is 1.00 bits per heavy atom. The lowest BCUT2D eigenvalue weighted by molar-refractivity contribution is -0.141. The van der Waals surface area contributed by atoms with Gasteiger partial charge in [0.2, 0.25) is 0 Å². The minimum atomic E-state index is -0.173. The van der Waals surface area contributed by atoms with Crippen LogP contribution in [0.25, 0.3) is 6.08 Å². The second-order valence-corrected chi connectivity index (χ2v) is 11.7. The fraction of sp³-hybridized carbons (Fsp3) is 0.679. The lowest BCUT2D eigenvalue weighted by Crippen LogP contribution is -2.54. The Balaban J connectivity index is 1.41. The number of allylic oxidation sites excluding steroid dienone is 1. The molecule has 0 saturated heterocycles. The van der Waals surface area contributed by atoms with Crippen LogP contribution < -0.4 is 4.90 Å². The van der Waals surface area contributed by atoms with Gasteiger partial charge in [-0.25, -0.2) is 0 Å². The first-order valence-corrected chi connectivity index (χ1v) is 12.4. The molecule has 7 atom stereocenters. The number of anilines is 1. The molecule has 31 heavy (non-hydrogen) atoms. The predicted octanol–water partition coefficient (Wildman–Crippen LogP) is 5.72. The van der Waals surface area contributed by atoms with Gasteiger partial charge in [0, 0.05) is 25.2 Å². The van der Waals surface area contributed by atoms with Gasteiger partial charge in [-0.15, -0.1) is 0 Å². The summed E-state index contributed by atoms with van der Waals surface area (Å²) >= 11 is 0. The Hall–Kier alpha value is -1.61. The molecule has 4 fully saturated rings. The van der Waals surface area contributed by atoms with Gasteiger partial charge in [0.1, 0.15) is 0 Å². The van der Waals surface area contributed by atoms with Crippen molar-refractivity contribution in [1.82, 2.24) is 0 Å². The number of rotatable bonds is 2. The first kappa shape index (κ1) is 21.2. The van der Waals surface area contributed by atoms with E-state index in [4.69, 9.17) is 0 Å². The smallest absolute Gasteiger partial charge is 0.165 e. The zero-order valence-corrected chi connectivity index (χ0v) is 19.7. The molecule has 0 radical (unpaired) electrons. The van der Waals surface area contributed by atoms with Crippen LogP contribution in [-0.2, 0) is 4.79 Å². The molecule has 0 spiro atoms. The van der Waals surface area contributed by atoms with Gasteiger partial charge < -0.3 is 10.0 Å². The minimum absolute atomic E-state index is 0.0926. The summed E-state index contributed by atoms with van der Waals surface area (Å²) < 4.78 is 0. The molecular weight excluding hydrogens is 382 g/mol. The van der Waals surface area contributed by atoms with Gasteiger partial charge in [0.05, 0.1) is 6.10 Å². The molecule has 0 bridgehead atoms. The monoisotopic (exact) mass is 421 g/mol. The van der Waals surface area contributed by atoms with E-state index in [9.17, 15) is 9.90 Å². The van der Waals surface area contributed by atoms with Crippen molar-refractivity contribution in [3.63, 3.8) is 0 Å². The highest BCUT2D eigenvalue weighted by atomic mass is 16.3. The summed E-state index contributed by atoms with van der Waals surface area (Å²) in [6, 6.07) is 8.55. The highest BCUT2D eigenvalue weighted by molar-refractivity contribution is 6.06. The van der Waals surface area contributed by atoms with E-state index in [1.807, 2.05) is 0 Å². The van der Waals surface area contributed by atoms with E-state index in [2.05, 4.69) is 63.2 Å². The quantitative estimate of drug-likeness (QED) is 0.621. The summed E-state index contributed by atoms with van der Waals surface area (Å²) in [4.78, 5) is 15.7. The molecule has 0 heterocycles. The van der Waals surface area contributed by atoms with Crippen molar-refractivity contribution in [3.05, 3.63) is 35.4 Å². The summed E-state index contributed by atoms with van der Waals surface area (Å²) in [5, 5.41) is 10.3. The van der Waals surface area contributed by atoms with Gasteiger partial charge in [-0.05, 0) is 110 Å². The number of nitrogens with zero attached hydrogens (tertiary/aromatic N) is 1. The van der Waals surface area contributed by atoms with E-state index in [1.54, 1.807) is 0 Å². The van der Waals surface area contributed by atoms with Crippen LogP contribution >= 0.6 is 0 Å². The van der Waals surface area contributed by atoms with Crippen LogP contribution in [0.15, 0.2) is 29.8 Å². The van der Waals surface area contributed by atoms with Crippen LogP contribution in [0.1, 0.15) is 70.8 Å². The molecule has 0 unspecified atom stereocenters. The highest BCUT2D eigenvalue weighted by Crippen LogP contribution is 2.66. The maximum Gasteiger partial charge on any atom is 0.165 e. The average Bonchev–Trinajstić information content (AvgIpc) is 2.99. The number of aliphatic hydroxyl groups excluding tert-OH is 1. The van der Waals surface area contributed by atoms with Crippen molar-refractivity contribution in [3.8, 4) is 0 Å². The van der Waals surface area contributed by atoms with E-state index in [1.165, 1.54) is 24.9 Å². The van der Waals surface area contributed by atoms with Crippen LogP contribution in [0.3, 0.4) is 0 Å². The minimum Gasteiger partial charge on any atom is -0.393 e. The van der Waals surface area contributed by atoms with Gasteiger partial charge in [-0.3, -0.25) is 4.79 Å². The number of fused-ring (bicyclic) bond motifs is 5. The van der Waals surface area contributed by atoms with Crippen LogP contribution in [0.2, 0.25) is 0 Å². The fourth-order valence-electron chi connectivity index (χ4n) is 8.10. The Morgan fingerprint density at radius 3 is 2.45 bits per heavy atom. The number of aliphatic hydroxyl groups is 1. The average molecular weight is 422 g/mol. The third-order valence-corrected chi connectivity index (χ3v) is 10.0. The van der Waals surface area contributed by atoms with E-state index in [0.29, 0.717) is 29.0 Å². The molecule has 5 rings (SSSR count). The van der Waals surface area contributed by atoms with Crippen molar-refractivity contribution in [2.45, 2.75) is 71.3 Å². The summed E-state index contributed by atoms with van der Waals surface area (Å²) in [5.41, 5.74) is 3.57. The van der Waals surface area contributed by atoms with E-state index >= 15 is 0 Å². The summed E-state index contributed by atoms with van der Waals surface area (Å²) in [6.45, 7) is 4.79. The van der Waals surface area contributed by atoms with Crippen molar-refractivity contribution in [2.24, 2.45) is 34.5 Å². The van der Waals surface area contributed by atoms with Crippen LogP contribution in [0, 0.1) is 34.5 Å². The SMILES string of the molecule is CN(C)c1ccc(/C=C2\C[C@H]3[C@@H]4CC[C@H]5C[C@H](O)CC[C@]5(C)[C@H]4CC[C@]3(C)C2=O)cc1. The second-order valence-electron chi connectivity index (χ2n) is 11.7. The van der Waals surface area contributed by atoms with Gasteiger partial charge in [0.15, 0.2) is 5.78 Å². The molecule has 0 aliphatic heterocycles. The maximum absolute atomic E-state index is 13.6. The normalized spacial score (nSPS) is 43.3. The number of ketones is 1. The van der Waals surface area contributed by atoms with E-state index in [0.717, 1.165) is 49.2 Å². The van der Waals surface area contributed by atoms with Crippen LogP contribution in [-0.4, -0.2) is 31.1 Å². The van der Waals surface area contributed by atoms with Gasteiger partial charge in [-0.2, -0.15) is 0 Å². The first-order valence-electron chi connectivity index (χ1n) is 12.4. The highest BCUT2D eigenvalue weighted by Gasteiger charge is 2.61. The third-order valence-electron chi connectivity index (χ3n) is 10.0. The molecule has 1 aromatic carbocycles. The fourth-order valence-corrected chi connectivity index (χ4v) is 8.10. The van der Waals surface area contributed by atoms with Crippen molar-refractivity contribution >= 4 is 17.5 Å². The topological polar surface area (TPSA) is 40.5 Å². The zero-order valence-electron chi connectivity index (χ0n) is 19.7. The molecule has 0 amide bonds. The molecular formula is C28H39NO2. The molecule has 1 N–H and O–H groups in total. The molecule has 168 valence electrons. The zero-order chi connectivity index (χ0) is 22.0. The number of Topliss-reactive ketones (excluding diaryl/α,β-unsaturated/α-hetero) is 1. The standard InChI is InChI=1S/C28H39NO2/c1-27-13-11-22(30)17-20(27)7-10-23-24(27)12-14-28(2)25(23)16-19(26(28)31)15-18-5-8-21(9-6-18)29(3)4/h5-6,8-9,15,20,22-25,30H,7,10-14,16-17H2,1-4H3/b19-15+/t20-,22+,23+,24-,25-,27-,28-/m0/s1. The van der Waals surface area contributed by atoms with Crippen LogP contribution in [0.5, 0.6) is 0 Å². The molecule has 4 saturated carbocycles. The van der Waals surface area contributed by atoms with Gasteiger partial charge >= 0.3 is 0 Å². The lowest BCUT2D eigenvalue weighted by Gasteiger charge is -2.59. The molecule has 3 heteroatoms. The van der Waals surface area contributed by atoms with Crippen molar-refractivity contribution < 1.29 is 9.90 Å². The van der Waals surface area contributed by atoms with Gasteiger partial charge in [0.25, 0.3) is 0 Å². The molecule has 1 aromatic rings. The van der Waals surface area contributed by atoms with Crippen molar-refractivity contribution in [2.75, 3.05) is 19.0 Å². The van der Waals surface area contributed by atoms with Crippen molar-refractivity contribution in [1.29, 1.82) is 0 Å². The van der Waals surface area contributed by atoms with Crippen LogP contribution in [0.4, 0.5) is 5.69 Å². The Bertz CT molecular complexity index is 887. The first-order chi connectivity index (χ1) is 14.7. The maximum atomic E-state index is 13.6. The number of carbonyl (C=O) groups is 1. The van der Waals surface area contributed by atoms with E-state index < -0.39 is 0 Å². The molecule has 3 nitrogen and oxygen atoms in total. The largest absolute Gasteiger partial charge is 0.393 e. The molecule has 4 aliphatic rings. The summed E-state index contributed by atoms with van der Waals surface area (Å²) in [7, 11) is 4.11. The molecule has 0 aromatic heterocycles. The Kier molecular flexibility index (Phi) is 5.12. The Labute approximate surface area is 187 Å². The Morgan fingerprint density at radius 2 is 1.74 bits per heavy atom. The number of hydrogen-bond donors (Lipinski definition) is 1. The number of benzene rings is 1.